The van der Waals surface area contributed by atoms with Crippen LogP contribution in [0.5, 0.6) is 11.5 Å². The topological polar surface area (TPSA) is 84.0 Å². The molecule has 3 aliphatic heterocycles. The van der Waals surface area contributed by atoms with E-state index in [9.17, 15) is 9.59 Å². The Hall–Kier alpha value is -3.81. The number of ether oxygens (including phenoxy) is 2. The molecule has 6 rings (SSSR count). The third kappa shape index (κ3) is 3.69. The molecular formula is C26H26N4O4. The molecule has 2 fully saturated rings. The van der Waals surface area contributed by atoms with Gasteiger partial charge in [-0.25, -0.2) is 0 Å². The second-order valence-corrected chi connectivity index (χ2v) is 9.03. The zero-order valence-electron chi connectivity index (χ0n) is 18.8. The van der Waals surface area contributed by atoms with E-state index in [4.69, 9.17) is 9.47 Å². The molecule has 0 radical (unpaired) electrons. The smallest absolute Gasteiger partial charge is 0.231 e. The van der Waals surface area contributed by atoms with Gasteiger partial charge in [0.2, 0.25) is 18.6 Å². The summed E-state index contributed by atoms with van der Waals surface area (Å²) < 4.78 is 10.8. The van der Waals surface area contributed by atoms with Gasteiger partial charge in [0.05, 0.1) is 11.6 Å². The van der Waals surface area contributed by atoms with Gasteiger partial charge in [0.1, 0.15) is 0 Å². The van der Waals surface area contributed by atoms with Gasteiger partial charge in [-0.1, -0.05) is 0 Å². The van der Waals surface area contributed by atoms with Gasteiger partial charge >= 0.3 is 0 Å². The number of benzene rings is 2. The first kappa shape index (κ1) is 20.8. The molecule has 1 aromatic heterocycles. The van der Waals surface area contributed by atoms with Crippen LogP contribution < -0.4 is 24.6 Å². The number of hydrogen-bond donors (Lipinski definition) is 1. The van der Waals surface area contributed by atoms with E-state index in [1.54, 1.807) is 29.4 Å². The molecule has 2 aromatic carbocycles. The number of anilines is 3. The molecule has 174 valence electrons. The lowest BCUT2D eigenvalue weighted by Crippen LogP contribution is -2.30. The summed E-state index contributed by atoms with van der Waals surface area (Å²) in [6.07, 6.45) is 7.43. The first-order valence-corrected chi connectivity index (χ1v) is 11.8. The summed E-state index contributed by atoms with van der Waals surface area (Å²) >= 11 is 0. The van der Waals surface area contributed by atoms with Gasteiger partial charge in [0, 0.05) is 66.7 Å². The van der Waals surface area contributed by atoms with Crippen molar-refractivity contribution in [2.24, 2.45) is 5.92 Å². The van der Waals surface area contributed by atoms with Crippen molar-refractivity contribution < 1.29 is 19.1 Å². The summed E-state index contributed by atoms with van der Waals surface area (Å²) in [6.45, 7) is 2.59. The van der Waals surface area contributed by atoms with Crippen LogP contribution in [-0.2, 0) is 9.59 Å². The van der Waals surface area contributed by atoms with Crippen molar-refractivity contribution in [1.29, 1.82) is 0 Å². The van der Waals surface area contributed by atoms with Gasteiger partial charge < -0.3 is 24.6 Å². The zero-order valence-corrected chi connectivity index (χ0v) is 18.8. The molecule has 2 saturated heterocycles. The first-order chi connectivity index (χ1) is 16.7. The maximum atomic E-state index is 13.2. The van der Waals surface area contributed by atoms with Crippen molar-refractivity contribution >= 4 is 39.6 Å². The quantitative estimate of drug-likeness (QED) is 0.638. The summed E-state index contributed by atoms with van der Waals surface area (Å²) in [7, 11) is 0. The third-order valence-corrected chi connectivity index (χ3v) is 6.91. The maximum Gasteiger partial charge on any atom is 0.231 e. The number of carbonyl (C=O) groups is 2. The highest BCUT2D eigenvalue weighted by Crippen LogP contribution is 2.38. The number of nitrogens with one attached hydrogen (secondary N) is 1. The minimum Gasteiger partial charge on any atom is -0.454 e. The highest BCUT2D eigenvalue weighted by Gasteiger charge is 2.36. The largest absolute Gasteiger partial charge is 0.454 e. The molecule has 2 amide bonds. The van der Waals surface area contributed by atoms with Crippen molar-refractivity contribution in [3.63, 3.8) is 0 Å². The number of hydrogen-bond acceptors (Lipinski definition) is 6. The molecule has 0 saturated carbocycles. The van der Waals surface area contributed by atoms with Crippen LogP contribution in [-0.4, -0.2) is 43.2 Å². The summed E-state index contributed by atoms with van der Waals surface area (Å²) in [6, 6.07) is 11.5. The van der Waals surface area contributed by atoms with E-state index in [1.807, 2.05) is 18.2 Å². The number of piperidine rings is 1. The summed E-state index contributed by atoms with van der Waals surface area (Å²) in [5.74, 6) is 0.606. The Morgan fingerprint density at radius 1 is 1.00 bits per heavy atom. The van der Waals surface area contributed by atoms with Gasteiger partial charge in [-0.2, -0.15) is 0 Å². The summed E-state index contributed by atoms with van der Waals surface area (Å²) in [5.41, 5.74) is 2.62. The Labute approximate surface area is 197 Å². The van der Waals surface area contributed by atoms with Crippen LogP contribution in [0.3, 0.4) is 0 Å². The molecular weight excluding hydrogens is 432 g/mol. The molecule has 8 nitrogen and oxygen atoms in total. The molecule has 34 heavy (non-hydrogen) atoms. The van der Waals surface area contributed by atoms with E-state index in [1.165, 1.54) is 24.9 Å². The molecule has 8 heteroatoms. The minimum atomic E-state index is -0.439. The van der Waals surface area contributed by atoms with E-state index in [2.05, 4.69) is 21.3 Å². The highest BCUT2D eigenvalue weighted by molar-refractivity contribution is 6.09. The Bertz CT molecular complexity index is 1270. The Balaban J connectivity index is 1.21. The van der Waals surface area contributed by atoms with Crippen LogP contribution in [0, 0.1) is 5.92 Å². The number of aromatic nitrogens is 1. The molecule has 1 atom stereocenters. The second kappa shape index (κ2) is 8.52. The molecule has 3 aromatic rings. The Morgan fingerprint density at radius 3 is 2.74 bits per heavy atom. The van der Waals surface area contributed by atoms with Crippen molar-refractivity contribution in [2.75, 3.05) is 41.5 Å². The van der Waals surface area contributed by atoms with Crippen LogP contribution >= 0.6 is 0 Å². The van der Waals surface area contributed by atoms with E-state index in [0.29, 0.717) is 23.7 Å². The minimum absolute atomic E-state index is 0.0778. The van der Waals surface area contributed by atoms with E-state index >= 15 is 0 Å². The monoisotopic (exact) mass is 458 g/mol. The van der Waals surface area contributed by atoms with Crippen LogP contribution in [0.1, 0.15) is 25.7 Å². The average Bonchev–Trinajstić information content (AvgIpc) is 3.51. The first-order valence-electron chi connectivity index (χ1n) is 11.8. The van der Waals surface area contributed by atoms with E-state index in [-0.39, 0.29) is 25.0 Å². The number of pyridine rings is 1. The molecule has 4 heterocycles. The summed E-state index contributed by atoms with van der Waals surface area (Å²) in [4.78, 5) is 34.3. The van der Waals surface area contributed by atoms with Gasteiger partial charge in [0.25, 0.3) is 0 Å². The molecule has 0 aliphatic carbocycles. The van der Waals surface area contributed by atoms with Crippen molar-refractivity contribution in [3.8, 4) is 11.5 Å². The fourth-order valence-electron chi connectivity index (χ4n) is 5.11. The Kier molecular flexibility index (Phi) is 5.20. The number of amides is 2. The van der Waals surface area contributed by atoms with Crippen LogP contribution in [0.4, 0.5) is 17.1 Å². The van der Waals surface area contributed by atoms with Crippen LogP contribution in [0.2, 0.25) is 0 Å². The lowest BCUT2D eigenvalue weighted by Gasteiger charge is -2.30. The molecule has 1 N–H and O–H groups in total. The number of carbonyl (C=O) groups excluding carboxylic acids is 2. The highest BCUT2D eigenvalue weighted by atomic mass is 16.7. The SMILES string of the molecule is O=C(Nc1ccc(N2CCCCC2)c2ccncc12)C1CC(=O)N(c2ccc3c(c2)OCO3)C1. The van der Waals surface area contributed by atoms with Crippen LogP contribution in [0.25, 0.3) is 10.8 Å². The number of rotatable bonds is 4. The number of fused-ring (bicyclic) bond motifs is 2. The predicted octanol–water partition coefficient (Wildman–Crippen LogP) is 3.95. The van der Waals surface area contributed by atoms with Gasteiger partial charge in [0.15, 0.2) is 11.5 Å². The normalized spacial score (nSPS) is 19.6. The predicted molar refractivity (Wildman–Crippen MR) is 129 cm³/mol. The zero-order chi connectivity index (χ0) is 23.1. The fourth-order valence-corrected chi connectivity index (χ4v) is 5.11. The van der Waals surface area contributed by atoms with E-state index in [0.717, 1.165) is 29.5 Å². The van der Waals surface area contributed by atoms with Gasteiger partial charge in [-0.15, -0.1) is 0 Å². The lowest BCUT2D eigenvalue weighted by molar-refractivity contribution is -0.122. The molecule has 3 aliphatic rings. The van der Waals surface area contributed by atoms with Gasteiger partial charge in [-0.05, 0) is 49.6 Å². The lowest BCUT2D eigenvalue weighted by atomic mass is 10.0. The van der Waals surface area contributed by atoms with Crippen molar-refractivity contribution in [1.82, 2.24) is 4.98 Å². The maximum absolute atomic E-state index is 13.2. The van der Waals surface area contributed by atoms with Crippen molar-refractivity contribution in [3.05, 3.63) is 48.8 Å². The second-order valence-electron chi connectivity index (χ2n) is 9.03. The summed E-state index contributed by atoms with van der Waals surface area (Å²) in [5, 5.41) is 5.07. The molecule has 1 unspecified atom stereocenters. The Morgan fingerprint density at radius 2 is 1.85 bits per heavy atom. The standard InChI is InChI=1S/C26H26N4O4/c31-25-12-17(15-30(25)18-4-7-23-24(13-18)34-16-33-23)26(32)28-21-5-6-22(29-10-2-1-3-11-29)19-8-9-27-14-20(19)21/h4-9,13-14,17H,1-3,10-12,15-16H2,(H,28,32). The van der Waals surface area contributed by atoms with Gasteiger partial charge in [-0.3, -0.25) is 14.6 Å². The van der Waals surface area contributed by atoms with E-state index < -0.39 is 5.92 Å². The third-order valence-electron chi connectivity index (χ3n) is 6.91. The molecule has 0 spiro atoms. The van der Waals surface area contributed by atoms with Crippen LogP contribution in [0.15, 0.2) is 48.8 Å². The molecule has 0 bridgehead atoms. The average molecular weight is 459 g/mol. The fraction of sp³-hybridized carbons (Fsp3) is 0.346. The number of nitrogens with zero attached hydrogens (tertiary/aromatic N) is 3. The van der Waals surface area contributed by atoms with Crippen molar-refractivity contribution in [2.45, 2.75) is 25.7 Å².